The van der Waals surface area contributed by atoms with Crippen molar-refractivity contribution in [3.8, 4) is 6.07 Å². The first-order valence-electron chi connectivity index (χ1n) is 6.42. The van der Waals surface area contributed by atoms with E-state index in [0.29, 0.717) is 11.3 Å². The number of methoxy groups -OCH3 is 1. The summed E-state index contributed by atoms with van der Waals surface area (Å²) in [7, 11) is 1.49. The number of hydrogen-bond donors (Lipinski definition) is 1. The van der Waals surface area contributed by atoms with Crippen molar-refractivity contribution in [2.75, 3.05) is 13.7 Å². The van der Waals surface area contributed by atoms with Gasteiger partial charge in [-0.3, -0.25) is 4.79 Å². The maximum atomic E-state index is 12.4. The number of aryl methyl sites for hydroxylation is 1. The molecule has 2 heterocycles. The molecule has 2 atom stereocenters. The zero-order valence-corrected chi connectivity index (χ0v) is 11.7. The number of hydrogen-bond acceptors (Lipinski definition) is 5. The molecule has 1 amide bonds. The fourth-order valence-corrected chi connectivity index (χ4v) is 2.37. The molecule has 2 rings (SSSR count). The fourth-order valence-electron chi connectivity index (χ4n) is 2.37. The molecule has 1 fully saturated rings. The van der Waals surface area contributed by atoms with Gasteiger partial charge < -0.3 is 14.7 Å². The first kappa shape index (κ1) is 14.9. The SMILES string of the molecule is COC1CC(C(=O)O)N(C(=O)c2ccc(C#N)c(C)n2)C1. The van der Waals surface area contributed by atoms with Crippen molar-refractivity contribution in [1.29, 1.82) is 5.26 Å². The number of rotatable bonds is 3. The Labute approximate surface area is 121 Å². The zero-order chi connectivity index (χ0) is 15.6. The summed E-state index contributed by atoms with van der Waals surface area (Å²) in [5, 5.41) is 18.1. The van der Waals surface area contributed by atoms with Gasteiger partial charge in [0, 0.05) is 20.1 Å². The predicted octanol–water partition coefficient (Wildman–Crippen LogP) is 0.576. The molecule has 7 heteroatoms. The Morgan fingerprint density at radius 1 is 1.52 bits per heavy atom. The van der Waals surface area contributed by atoms with E-state index in [1.807, 2.05) is 6.07 Å². The number of pyridine rings is 1. The van der Waals surface area contributed by atoms with Crippen molar-refractivity contribution in [2.24, 2.45) is 0 Å². The minimum absolute atomic E-state index is 0.134. The van der Waals surface area contributed by atoms with E-state index in [1.54, 1.807) is 6.92 Å². The van der Waals surface area contributed by atoms with Gasteiger partial charge in [0.05, 0.1) is 17.4 Å². The standard InChI is InChI=1S/C14H15N3O4/c1-8-9(6-15)3-4-11(16-8)13(18)17-7-10(21-2)5-12(17)14(19)20/h3-4,10,12H,5,7H2,1-2H3,(H,19,20). The summed E-state index contributed by atoms with van der Waals surface area (Å²) < 4.78 is 5.15. The summed E-state index contributed by atoms with van der Waals surface area (Å²) in [6.45, 7) is 1.85. The van der Waals surface area contributed by atoms with Crippen LogP contribution in [0.1, 0.15) is 28.2 Å². The Balaban J connectivity index is 2.28. The van der Waals surface area contributed by atoms with E-state index in [4.69, 9.17) is 10.00 Å². The van der Waals surface area contributed by atoms with E-state index < -0.39 is 17.9 Å². The molecular weight excluding hydrogens is 274 g/mol. The Morgan fingerprint density at radius 2 is 2.24 bits per heavy atom. The van der Waals surface area contributed by atoms with Gasteiger partial charge in [0.2, 0.25) is 0 Å². The molecule has 110 valence electrons. The molecule has 0 spiro atoms. The van der Waals surface area contributed by atoms with Gasteiger partial charge in [-0.15, -0.1) is 0 Å². The van der Waals surface area contributed by atoms with Crippen LogP contribution in [0.2, 0.25) is 0 Å². The highest BCUT2D eigenvalue weighted by Gasteiger charge is 2.40. The minimum atomic E-state index is -1.06. The van der Waals surface area contributed by atoms with Crippen LogP contribution >= 0.6 is 0 Å². The number of aliphatic carboxylic acids is 1. The van der Waals surface area contributed by atoms with E-state index in [2.05, 4.69) is 4.98 Å². The first-order chi connectivity index (χ1) is 9.97. The first-order valence-corrected chi connectivity index (χ1v) is 6.42. The number of carboxylic acid groups (broad SMARTS) is 1. The third-order valence-corrected chi connectivity index (χ3v) is 3.57. The van der Waals surface area contributed by atoms with Gasteiger partial charge in [-0.2, -0.15) is 5.26 Å². The molecule has 1 aliphatic heterocycles. The number of nitrogens with zero attached hydrogens (tertiary/aromatic N) is 3. The molecule has 1 aromatic rings. The van der Waals surface area contributed by atoms with Gasteiger partial charge in [0.25, 0.3) is 5.91 Å². The Hall–Kier alpha value is -2.46. The highest BCUT2D eigenvalue weighted by molar-refractivity contribution is 5.95. The van der Waals surface area contributed by atoms with E-state index in [9.17, 15) is 14.7 Å². The lowest BCUT2D eigenvalue weighted by Gasteiger charge is -2.20. The number of carboxylic acids is 1. The molecule has 1 saturated heterocycles. The summed E-state index contributed by atoms with van der Waals surface area (Å²) in [5.74, 6) is -1.53. The quantitative estimate of drug-likeness (QED) is 0.872. The highest BCUT2D eigenvalue weighted by Crippen LogP contribution is 2.22. The van der Waals surface area contributed by atoms with Crippen LogP contribution < -0.4 is 0 Å². The number of nitriles is 1. The summed E-state index contributed by atoms with van der Waals surface area (Å²) >= 11 is 0. The van der Waals surface area contributed by atoms with Crippen LogP contribution in [0.5, 0.6) is 0 Å². The van der Waals surface area contributed by atoms with Crippen LogP contribution in [-0.2, 0) is 9.53 Å². The number of carbonyl (C=O) groups is 2. The average molecular weight is 289 g/mol. The van der Waals surface area contributed by atoms with Gasteiger partial charge in [-0.1, -0.05) is 0 Å². The molecule has 2 unspecified atom stereocenters. The van der Waals surface area contributed by atoms with E-state index >= 15 is 0 Å². The van der Waals surface area contributed by atoms with Crippen LogP contribution in [0.15, 0.2) is 12.1 Å². The van der Waals surface area contributed by atoms with E-state index in [-0.39, 0.29) is 24.8 Å². The Morgan fingerprint density at radius 3 is 2.76 bits per heavy atom. The van der Waals surface area contributed by atoms with Crippen molar-refractivity contribution < 1.29 is 19.4 Å². The molecule has 0 aromatic carbocycles. The Bertz CT molecular complexity index is 623. The summed E-state index contributed by atoms with van der Waals surface area (Å²) in [6, 6.07) is 4.00. The second-order valence-electron chi connectivity index (χ2n) is 4.85. The maximum Gasteiger partial charge on any atom is 0.326 e. The molecule has 0 radical (unpaired) electrons. The average Bonchev–Trinajstić information content (AvgIpc) is 2.90. The lowest BCUT2D eigenvalue weighted by atomic mass is 10.1. The van der Waals surface area contributed by atoms with Gasteiger partial charge in [-0.05, 0) is 19.1 Å². The van der Waals surface area contributed by atoms with Gasteiger partial charge in [0.1, 0.15) is 17.8 Å². The molecule has 1 N–H and O–H groups in total. The van der Waals surface area contributed by atoms with Crippen LogP contribution in [0.25, 0.3) is 0 Å². The number of aromatic nitrogens is 1. The van der Waals surface area contributed by atoms with Crippen molar-refractivity contribution in [3.63, 3.8) is 0 Å². The summed E-state index contributed by atoms with van der Waals surface area (Å²) in [6.07, 6.45) is -0.0400. The van der Waals surface area contributed by atoms with Gasteiger partial charge >= 0.3 is 5.97 Å². The molecule has 1 aromatic heterocycles. The third-order valence-electron chi connectivity index (χ3n) is 3.57. The largest absolute Gasteiger partial charge is 0.480 e. The monoisotopic (exact) mass is 289 g/mol. The topological polar surface area (TPSA) is 104 Å². The Kier molecular flexibility index (Phi) is 4.19. The number of ether oxygens (including phenoxy) is 1. The second kappa shape index (κ2) is 5.89. The van der Waals surface area contributed by atoms with Crippen LogP contribution in [0.4, 0.5) is 0 Å². The van der Waals surface area contributed by atoms with Crippen molar-refractivity contribution in [2.45, 2.75) is 25.5 Å². The lowest BCUT2D eigenvalue weighted by Crippen LogP contribution is -2.41. The number of carbonyl (C=O) groups excluding carboxylic acids is 1. The molecule has 0 bridgehead atoms. The molecule has 1 aliphatic rings. The zero-order valence-electron chi connectivity index (χ0n) is 11.7. The summed E-state index contributed by atoms with van der Waals surface area (Å²) in [5.41, 5.74) is 0.963. The van der Waals surface area contributed by atoms with E-state index in [1.165, 1.54) is 24.1 Å². The predicted molar refractivity (Wildman–Crippen MR) is 71.6 cm³/mol. The van der Waals surface area contributed by atoms with Gasteiger partial charge in [0.15, 0.2) is 0 Å². The second-order valence-corrected chi connectivity index (χ2v) is 4.85. The lowest BCUT2D eigenvalue weighted by molar-refractivity contribution is -0.141. The molecule has 21 heavy (non-hydrogen) atoms. The van der Waals surface area contributed by atoms with Crippen molar-refractivity contribution >= 4 is 11.9 Å². The molecule has 7 nitrogen and oxygen atoms in total. The van der Waals surface area contributed by atoms with Crippen molar-refractivity contribution in [1.82, 2.24) is 9.88 Å². The fraction of sp³-hybridized carbons (Fsp3) is 0.429. The molecule has 0 aliphatic carbocycles. The van der Waals surface area contributed by atoms with Crippen LogP contribution in [-0.4, -0.2) is 52.7 Å². The van der Waals surface area contributed by atoms with Gasteiger partial charge in [-0.25, -0.2) is 9.78 Å². The van der Waals surface area contributed by atoms with Crippen LogP contribution in [0.3, 0.4) is 0 Å². The van der Waals surface area contributed by atoms with E-state index in [0.717, 1.165) is 0 Å². The highest BCUT2D eigenvalue weighted by atomic mass is 16.5. The smallest absolute Gasteiger partial charge is 0.326 e. The summed E-state index contributed by atoms with van der Waals surface area (Å²) in [4.78, 5) is 29.0. The third kappa shape index (κ3) is 2.85. The van der Waals surface area contributed by atoms with Crippen LogP contribution in [0, 0.1) is 18.3 Å². The number of likely N-dealkylation sites (tertiary alicyclic amines) is 1. The number of amides is 1. The molecule has 0 saturated carbocycles. The normalized spacial score (nSPS) is 21.1. The maximum absolute atomic E-state index is 12.4. The molecular formula is C14H15N3O4. The van der Waals surface area contributed by atoms with Crippen molar-refractivity contribution in [3.05, 3.63) is 29.1 Å². The minimum Gasteiger partial charge on any atom is -0.480 e.